The van der Waals surface area contributed by atoms with Crippen molar-refractivity contribution in [1.82, 2.24) is 0 Å². The van der Waals surface area contributed by atoms with Crippen LogP contribution in [0.15, 0.2) is 152 Å². The van der Waals surface area contributed by atoms with Gasteiger partial charge in [-0.2, -0.15) is 0 Å². The van der Waals surface area contributed by atoms with E-state index in [1.807, 2.05) is 0 Å². The summed E-state index contributed by atoms with van der Waals surface area (Å²) >= 11 is 0. The second-order valence-electron chi connectivity index (χ2n) is 27.1. The second kappa shape index (κ2) is 14.8. The summed E-state index contributed by atoms with van der Waals surface area (Å²) in [5.41, 5.74) is 29.5. The highest BCUT2D eigenvalue weighted by Crippen LogP contribution is 2.67. The van der Waals surface area contributed by atoms with E-state index in [4.69, 9.17) is 0 Å². The third kappa shape index (κ3) is 6.37. The molecule has 0 N–H and O–H groups in total. The van der Waals surface area contributed by atoms with Crippen LogP contribution in [0.1, 0.15) is 178 Å². The molecule has 362 valence electrons. The van der Waals surface area contributed by atoms with Gasteiger partial charge in [0.2, 0.25) is 0 Å². The fourth-order valence-corrected chi connectivity index (χ4v) is 13.5. The first-order chi connectivity index (χ1) is 33.7. The van der Waals surface area contributed by atoms with E-state index in [0.29, 0.717) is 0 Å². The number of hydrogen-bond acceptors (Lipinski definition) is 1. The predicted molar refractivity (Wildman–Crippen MR) is 307 cm³/mol. The van der Waals surface area contributed by atoms with Crippen molar-refractivity contribution in [3.63, 3.8) is 0 Å². The van der Waals surface area contributed by atoms with Crippen molar-refractivity contribution in [1.29, 1.82) is 0 Å². The topological polar surface area (TPSA) is 3.24 Å². The van der Waals surface area contributed by atoms with Crippen molar-refractivity contribution >= 4 is 17.1 Å². The molecule has 4 aliphatic rings. The van der Waals surface area contributed by atoms with E-state index in [-0.39, 0.29) is 32.5 Å². The Labute approximate surface area is 431 Å². The maximum absolute atomic E-state index is 2.71. The van der Waals surface area contributed by atoms with Gasteiger partial charge in [0.1, 0.15) is 0 Å². The van der Waals surface area contributed by atoms with E-state index in [1.165, 1.54) is 128 Å². The second-order valence-corrected chi connectivity index (χ2v) is 27.1. The predicted octanol–water partition coefficient (Wildman–Crippen LogP) is 19.3. The monoisotopic (exact) mass is 940 g/mol. The summed E-state index contributed by atoms with van der Waals surface area (Å²) in [4.78, 5) is 2.71. The summed E-state index contributed by atoms with van der Waals surface area (Å²) in [6.45, 7) is 38.3. The van der Waals surface area contributed by atoms with Gasteiger partial charge in [-0.1, -0.05) is 238 Å². The Morgan fingerprint density at radius 1 is 0.292 bits per heavy atom. The third-order valence-corrected chi connectivity index (χ3v) is 17.7. The first-order valence-electron chi connectivity index (χ1n) is 26.7. The first-order valence-corrected chi connectivity index (χ1v) is 26.7. The van der Waals surface area contributed by atoms with Crippen LogP contribution < -0.4 is 4.90 Å². The highest BCUT2D eigenvalue weighted by Gasteiger charge is 2.54. The molecule has 12 rings (SSSR count). The van der Waals surface area contributed by atoms with Crippen LogP contribution in [0, 0.1) is 0 Å². The lowest BCUT2D eigenvalue weighted by Crippen LogP contribution is -2.29. The lowest BCUT2D eigenvalue weighted by molar-refractivity contribution is 0.582. The minimum absolute atomic E-state index is 0.0485. The molecule has 0 heterocycles. The molecule has 0 aromatic heterocycles. The third-order valence-electron chi connectivity index (χ3n) is 17.7. The summed E-state index contributed by atoms with van der Waals surface area (Å²) in [6.07, 6.45) is 0. The van der Waals surface area contributed by atoms with E-state index >= 15 is 0 Å². The number of hydrogen-bond donors (Lipinski definition) is 0. The highest BCUT2D eigenvalue weighted by atomic mass is 15.2. The molecule has 8 aromatic rings. The zero-order valence-corrected chi connectivity index (χ0v) is 45.9. The summed E-state index contributed by atoms with van der Waals surface area (Å²) in [5.74, 6) is 0. The summed E-state index contributed by atoms with van der Waals surface area (Å²) in [5, 5.41) is 0. The molecule has 1 heteroatoms. The Balaban J connectivity index is 1.27. The van der Waals surface area contributed by atoms with E-state index in [2.05, 4.69) is 267 Å². The molecule has 0 saturated carbocycles. The summed E-state index contributed by atoms with van der Waals surface area (Å²) < 4.78 is 0. The van der Waals surface area contributed by atoms with Gasteiger partial charge in [-0.15, -0.1) is 0 Å². The molecule has 0 radical (unpaired) electrons. The molecule has 1 spiro atoms. The number of nitrogens with zero attached hydrogens (tertiary/aromatic N) is 1. The minimum Gasteiger partial charge on any atom is -0.309 e. The Kier molecular flexibility index (Phi) is 9.61. The van der Waals surface area contributed by atoms with Crippen molar-refractivity contribution in [2.75, 3.05) is 4.90 Å². The van der Waals surface area contributed by atoms with Gasteiger partial charge < -0.3 is 4.90 Å². The number of fused-ring (bicyclic) bond motifs is 16. The van der Waals surface area contributed by atoms with Gasteiger partial charge in [0.15, 0.2) is 0 Å². The molecule has 0 saturated heterocycles. The van der Waals surface area contributed by atoms with Gasteiger partial charge in [0.25, 0.3) is 0 Å². The molecule has 0 unspecified atom stereocenters. The van der Waals surface area contributed by atoms with Gasteiger partial charge in [-0.05, 0) is 146 Å². The Morgan fingerprint density at radius 3 is 1.24 bits per heavy atom. The molecule has 0 atom stereocenters. The van der Waals surface area contributed by atoms with Crippen molar-refractivity contribution in [2.45, 2.75) is 149 Å². The standard InChI is InChI=1S/C71H73N/c1-65(2,3)42-28-32-49-50-33-29-43(66(4,5)6)37-58(50)71(57(49)36-42)59-38-44(67(7,8)9)30-34-52(59)64-60(71)39-45(68(10,11)12)40-62(64)72(46-31-35-48-47-22-17-19-24-53(47)70(15,16)56(48)41-46)61-27-21-26-55-63(61)51-23-18-20-25-54(51)69(55,13)14/h17-41H,1-16H3. The average molecular weight is 940 g/mol. The number of benzene rings is 8. The zero-order chi connectivity index (χ0) is 51.0. The van der Waals surface area contributed by atoms with Crippen molar-refractivity contribution in [2.24, 2.45) is 0 Å². The SMILES string of the molecule is CC(C)(C)c1ccc2c(c1)C1(c3cc(C(C)(C)C)ccc3-2)c2cc(C(C)(C)C)ccc2-c2c(N(c3ccc4c(c3)C(C)(C)c3ccccc3-4)c3cccc4c3-c3ccccc3C4(C)C)cc(C(C)(C)C)cc21. The number of rotatable bonds is 3. The van der Waals surface area contributed by atoms with Crippen LogP contribution in [0.5, 0.6) is 0 Å². The maximum atomic E-state index is 2.71. The van der Waals surface area contributed by atoms with E-state index in [1.54, 1.807) is 0 Å². The van der Waals surface area contributed by atoms with Gasteiger partial charge in [0, 0.05) is 27.6 Å². The van der Waals surface area contributed by atoms with Gasteiger partial charge in [-0.3, -0.25) is 0 Å². The molecule has 72 heavy (non-hydrogen) atoms. The molecule has 8 aromatic carbocycles. The molecule has 0 fully saturated rings. The van der Waals surface area contributed by atoms with Crippen LogP contribution in [0.3, 0.4) is 0 Å². The number of anilines is 3. The van der Waals surface area contributed by atoms with Crippen LogP contribution in [-0.2, 0) is 37.9 Å². The van der Waals surface area contributed by atoms with Crippen LogP contribution in [0.25, 0.3) is 44.5 Å². The molecule has 0 amide bonds. The van der Waals surface area contributed by atoms with Gasteiger partial charge in [0.05, 0.1) is 16.8 Å². The van der Waals surface area contributed by atoms with E-state index in [9.17, 15) is 0 Å². The molecule has 0 bridgehead atoms. The fraction of sp³-hybridized carbons (Fsp3) is 0.324. The molecule has 0 aliphatic heterocycles. The largest absolute Gasteiger partial charge is 0.309 e. The highest BCUT2D eigenvalue weighted by molar-refractivity contribution is 6.04. The Bertz CT molecular complexity index is 3550. The normalized spacial score (nSPS) is 16.1. The lowest BCUT2D eigenvalue weighted by atomic mass is 9.67. The van der Waals surface area contributed by atoms with Gasteiger partial charge >= 0.3 is 0 Å². The van der Waals surface area contributed by atoms with Crippen LogP contribution in [0.4, 0.5) is 17.1 Å². The molecule has 1 nitrogen and oxygen atoms in total. The Morgan fingerprint density at radius 2 is 0.681 bits per heavy atom. The van der Waals surface area contributed by atoms with E-state index in [0.717, 1.165) is 0 Å². The van der Waals surface area contributed by atoms with Crippen LogP contribution in [0.2, 0.25) is 0 Å². The molecular formula is C71H73N. The molecule has 4 aliphatic carbocycles. The van der Waals surface area contributed by atoms with Crippen molar-refractivity contribution < 1.29 is 0 Å². The maximum Gasteiger partial charge on any atom is 0.0726 e. The smallest absolute Gasteiger partial charge is 0.0726 e. The van der Waals surface area contributed by atoms with E-state index < -0.39 is 5.41 Å². The molecular weight excluding hydrogens is 867 g/mol. The quantitative estimate of drug-likeness (QED) is 0.171. The fourth-order valence-electron chi connectivity index (χ4n) is 13.5. The summed E-state index contributed by atoms with van der Waals surface area (Å²) in [7, 11) is 0. The van der Waals surface area contributed by atoms with Crippen molar-refractivity contribution in [3.8, 4) is 44.5 Å². The average Bonchev–Trinajstić information content (AvgIpc) is 3.95. The summed E-state index contributed by atoms with van der Waals surface area (Å²) in [6, 6.07) is 60.6. The first kappa shape index (κ1) is 46.6. The van der Waals surface area contributed by atoms with Crippen molar-refractivity contribution in [3.05, 3.63) is 218 Å². The lowest BCUT2D eigenvalue weighted by Gasteiger charge is -2.36. The minimum atomic E-state index is -0.588. The van der Waals surface area contributed by atoms with Crippen LogP contribution in [-0.4, -0.2) is 0 Å². The van der Waals surface area contributed by atoms with Crippen LogP contribution >= 0.6 is 0 Å². The van der Waals surface area contributed by atoms with Gasteiger partial charge in [-0.25, -0.2) is 0 Å². The zero-order valence-electron chi connectivity index (χ0n) is 45.9. The Hall–Kier alpha value is -6.44.